The minimum atomic E-state index is -4.95. The Morgan fingerprint density at radius 3 is 1.90 bits per heavy atom. The first-order valence-corrected chi connectivity index (χ1v) is 15.8. The predicted molar refractivity (Wildman–Crippen MR) is 179 cm³/mol. The summed E-state index contributed by atoms with van der Waals surface area (Å²) >= 11 is 0. The third-order valence-corrected chi connectivity index (χ3v) is 8.79. The van der Waals surface area contributed by atoms with Gasteiger partial charge in [0.25, 0.3) is 5.91 Å². The highest BCUT2D eigenvalue weighted by atomic mass is 19.4. The van der Waals surface area contributed by atoms with Gasteiger partial charge in [-0.1, -0.05) is 85.2 Å². The van der Waals surface area contributed by atoms with Crippen LogP contribution in [0.2, 0.25) is 0 Å². The fraction of sp³-hybridized carbons (Fsp3) is 0.333. The van der Waals surface area contributed by atoms with Gasteiger partial charge in [-0.3, -0.25) is 9.59 Å². The molecule has 2 aliphatic rings. The minimum absolute atomic E-state index is 0.0181. The molecule has 0 aromatic heterocycles. The van der Waals surface area contributed by atoms with Crippen molar-refractivity contribution in [2.45, 2.75) is 55.8 Å². The molecule has 0 bridgehead atoms. The molecule has 1 aliphatic carbocycles. The molecule has 0 saturated carbocycles. The number of alkyl halides is 6. The van der Waals surface area contributed by atoms with Gasteiger partial charge in [0.05, 0.1) is 5.56 Å². The Kier molecular flexibility index (Phi) is 7.50. The quantitative estimate of drug-likeness (QED) is 0.163. The van der Waals surface area contributed by atoms with E-state index in [1.54, 1.807) is 23.5 Å². The standard InChI is InChI=1S/C39H37F6N3O2/c40-38(41,42)25-46-36(50)37(33-13-5-3-10-30(33)31-11-4-6-14-34(31)37)21-7-8-22-48-23-19-28(20-24-48)47-35(49)32-12-2-1-9-29(32)26-15-17-27(18-16-26)39(43,44)45/h1-6,9-18,28H,7-8,19-25H2,(H,46,50)(H,47,49)/i7D2,8D2,21D2,22D2. The van der Waals surface area contributed by atoms with Gasteiger partial charge in [-0.05, 0) is 83.7 Å². The summed E-state index contributed by atoms with van der Waals surface area (Å²) in [6, 6.07) is 21.2. The topological polar surface area (TPSA) is 61.4 Å². The molecule has 1 heterocycles. The van der Waals surface area contributed by atoms with E-state index in [2.05, 4.69) is 5.32 Å². The average Bonchev–Trinajstić information content (AvgIpc) is 3.48. The molecule has 0 unspecified atom stereocenters. The van der Waals surface area contributed by atoms with E-state index in [4.69, 9.17) is 8.22 Å². The summed E-state index contributed by atoms with van der Waals surface area (Å²) in [5.41, 5.74) is -2.98. The molecule has 262 valence electrons. The highest BCUT2D eigenvalue weighted by molar-refractivity contribution is 6.01. The van der Waals surface area contributed by atoms with Crippen LogP contribution in [0.15, 0.2) is 97.1 Å². The van der Waals surface area contributed by atoms with Gasteiger partial charge < -0.3 is 15.5 Å². The average molecular weight is 702 g/mol. The molecule has 0 spiro atoms. The Balaban J connectivity index is 1.26. The lowest BCUT2D eigenvalue weighted by atomic mass is 9.73. The SMILES string of the molecule is [2H]C([2H])(N1CCC(NC(=O)c2ccccc2-c2ccc(C(F)(F)F)cc2)CC1)C([2H])([2H])C([2H])([2H])C([2H])([2H])C1(C(=O)NCC(F)(F)F)c2ccccc2-c2ccccc21. The number of likely N-dealkylation sites (tertiary alicyclic amines) is 1. The summed E-state index contributed by atoms with van der Waals surface area (Å²) in [5.74, 6) is -2.17. The zero-order chi connectivity index (χ0) is 42.7. The highest BCUT2D eigenvalue weighted by Crippen LogP contribution is 2.51. The second kappa shape index (κ2) is 14.3. The van der Waals surface area contributed by atoms with Crippen molar-refractivity contribution < 1.29 is 46.9 Å². The van der Waals surface area contributed by atoms with Crippen molar-refractivity contribution >= 4 is 11.8 Å². The summed E-state index contributed by atoms with van der Waals surface area (Å²) in [6.45, 7) is -5.73. The number of halogens is 6. The number of carbonyl (C=O) groups is 2. The number of rotatable bonds is 10. The number of benzene rings is 4. The molecule has 0 atom stereocenters. The van der Waals surface area contributed by atoms with Crippen molar-refractivity contribution in [1.82, 2.24) is 15.5 Å². The van der Waals surface area contributed by atoms with Crippen LogP contribution in [-0.2, 0) is 16.4 Å². The number of nitrogens with zero attached hydrogens (tertiary/aromatic N) is 1. The van der Waals surface area contributed by atoms with Gasteiger partial charge in [-0.15, -0.1) is 0 Å². The third-order valence-electron chi connectivity index (χ3n) is 8.79. The lowest BCUT2D eigenvalue weighted by Crippen LogP contribution is -2.47. The first kappa shape index (κ1) is 26.2. The van der Waals surface area contributed by atoms with Crippen molar-refractivity contribution in [3.8, 4) is 22.3 Å². The maximum absolute atomic E-state index is 14.2. The monoisotopic (exact) mass is 701 g/mol. The summed E-state index contributed by atoms with van der Waals surface area (Å²) < 4.78 is 153. The Bertz CT molecular complexity index is 2150. The summed E-state index contributed by atoms with van der Waals surface area (Å²) in [4.78, 5) is 28.6. The Morgan fingerprint density at radius 1 is 0.760 bits per heavy atom. The molecular weight excluding hydrogens is 656 g/mol. The largest absolute Gasteiger partial charge is 0.416 e. The van der Waals surface area contributed by atoms with Crippen LogP contribution in [0, 0.1) is 0 Å². The van der Waals surface area contributed by atoms with E-state index in [0.29, 0.717) is 11.1 Å². The molecule has 6 rings (SSSR count). The fourth-order valence-electron chi connectivity index (χ4n) is 6.39. The molecule has 4 aromatic carbocycles. The number of fused-ring (bicyclic) bond motifs is 3. The second-order valence-electron chi connectivity index (χ2n) is 12.0. The lowest BCUT2D eigenvalue weighted by molar-refractivity contribution is -0.141. The Morgan fingerprint density at radius 2 is 1.32 bits per heavy atom. The van der Waals surface area contributed by atoms with Crippen molar-refractivity contribution in [3.63, 3.8) is 0 Å². The van der Waals surface area contributed by atoms with Crippen LogP contribution in [0.25, 0.3) is 22.3 Å². The van der Waals surface area contributed by atoms with Crippen molar-refractivity contribution in [2.75, 3.05) is 26.1 Å². The van der Waals surface area contributed by atoms with Crippen LogP contribution in [0.4, 0.5) is 26.3 Å². The van der Waals surface area contributed by atoms with Crippen LogP contribution in [-0.4, -0.2) is 55.1 Å². The van der Waals surface area contributed by atoms with Crippen LogP contribution < -0.4 is 10.6 Å². The number of hydrogen-bond donors (Lipinski definition) is 2. The number of amides is 2. The molecule has 4 aromatic rings. The number of piperidine rings is 1. The number of nitrogens with one attached hydrogen (secondary N) is 2. The van der Waals surface area contributed by atoms with E-state index in [9.17, 15) is 38.7 Å². The normalized spacial score (nSPS) is 19.6. The molecule has 2 N–H and O–H groups in total. The van der Waals surface area contributed by atoms with Gasteiger partial charge in [-0.25, -0.2) is 0 Å². The van der Waals surface area contributed by atoms with Gasteiger partial charge in [0, 0.05) is 35.7 Å². The Labute approximate surface area is 297 Å². The van der Waals surface area contributed by atoms with Crippen LogP contribution in [0.5, 0.6) is 0 Å². The zero-order valence-corrected chi connectivity index (χ0v) is 26.4. The lowest BCUT2D eigenvalue weighted by Gasteiger charge is -2.33. The minimum Gasteiger partial charge on any atom is -0.349 e. The molecule has 2 amide bonds. The van der Waals surface area contributed by atoms with Gasteiger partial charge in [0.2, 0.25) is 5.91 Å². The Hall–Kier alpha value is -4.64. The van der Waals surface area contributed by atoms with Crippen LogP contribution in [0.3, 0.4) is 0 Å². The smallest absolute Gasteiger partial charge is 0.349 e. The van der Waals surface area contributed by atoms with Crippen molar-refractivity contribution in [1.29, 1.82) is 0 Å². The maximum Gasteiger partial charge on any atom is 0.416 e. The van der Waals surface area contributed by atoms with Gasteiger partial charge in [0.15, 0.2) is 0 Å². The van der Waals surface area contributed by atoms with Gasteiger partial charge in [-0.2, -0.15) is 26.3 Å². The molecule has 11 heteroatoms. The summed E-state index contributed by atoms with van der Waals surface area (Å²) in [5, 5.41) is 4.52. The fourth-order valence-corrected chi connectivity index (χ4v) is 6.39. The van der Waals surface area contributed by atoms with E-state index >= 15 is 0 Å². The van der Waals surface area contributed by atoms with Crippen LogP contribution in [0.1, 0.15) is 70.0 Å². The highest BCUT2D eigenvalue weighted by Gasteiger charge is 2.49. The number of carbonyl (C=O) groups excluding carboxylic acids is 2. The first-order valence-electron chi connectivity index (χ1n) is 19.8. The molecule has 1 saturated heterocycles. The third kappa shape index (κ3) is 7.43. The molecule has 50 heavy (non-hydrogen) atoms. The maximum atomic E-state index is 14.2. The summed E-state index contributed by atoms with van der Waals surface area (Å²) in [6.07, 6.45) is -21.0. The predicted octanol–water partition coefficient (Wildman–Crippen LogP) is 8.38. The van der Waals surface area contributed by atoms with E-state index in [1.165, 1.54) is 66.7 Å². The number of hydrogen-bond acceptors (Lipinski definition) is 3. The molecule has 5 nitrogen and oxygen atoms in total. The van der Waals surface area contributed by atoms with E-state index in [-0.39, 0.29) is 53.7 Å². The van der Waals surface area contributed by atoms with E-state index in [1.807, 2.05) is 0 Å². The summed E-state index contributed by atoms with van der Waals surface area (Å²) in [7, 11) is 0. The van der Waals surface area contributed by atoms with Crippen LogP contribution >= 0.6 is 0 Å². The van der Waals surface area contributed by atoms with E-state index in [0.717, 1.165) is 17.0 Å². The second-order valence-corrected chi connectivity index (χ2v) is 12.0. The van der Waals surface area contributed by atoms with Gasteiger partial charge >= 0.3 is 12.4 Å². The van der Waals surface area contributed by atoms with Crippen molar-refractivity contribution in [3.05, 3.63) is 119 Å². The van der Waals surface area contributed by atoms with Gasteiger partial charge in [0.1, 0.15) is 12.0 Å². The zero-order valence-electron chi connectivity index (χ0n) is 34.4. The molecule has 1 aliphatic heterocycles. The first-order chi connectivity index (χ1) is 26.9. The van der Waals surface area contributed by atoms with Crippen molar-refractivity contribution in [2.24, 2.45) is 0 Å². The molecular formula is C39H37F6N3O2. The molecule has 1 fully saturated rings. The molecule has 0 radical (unpaired) electrons. The van der Waals surface area contributed by atoms with E-state index < -0.39 is 73.3 Å².